The molecule has 1 saturated carbocycles. The first-order valence-corrected chi connectivity index (χ1v) is 6.31. The molecule has 1 aliphatic carbocycles. The van der Waals surface area contributed by atoms with Crippen molar-refractivity contribution in [1.82, 2.24) is 25.1 Å². The molecule has 0 saturated heterocycles. The van der Waals surface area contributed by atoms with Crippen molar-refractivity contribution in [3.05, 3.63) is 35.7 Å². The number of aromatic nitrogens is 4. The molecule has 2 aromatic rings. The van der Waals surface area contributed by atoms with Crippen LogP contribution in [0.15, 0.2) is 18.5 Å². The summed E-state index contributed by atoms with van der Waals surface area (Å²) < 4.78 is 1.89. The third-order valence-corrected chi connectivity index (χ3v) is 3.14. The van der Waals surface area contributed by atoms with Crippen molar-refractivity contribution < 1.29 is 0 Å². The molecule has 94 valence electrons. The fraction of sp³-hybridized carbons (Fsp3) is 0.462. The van der Waals surface area contributed by atoms with Crippen molar-refractivity contribution in [2.75, 3.05) is 0 Å². The fourth-order valence-electron chi connectivity index (χ4n) is 2.05. The van der Waals surface area contributed by atoms with E-state index < -0.39 is 0 Å². The second-order valence-corrected chi connectivity index (χ2v) is 4.78. The van der Waals surface area contributed by atoms with E-state index in [2.05, 4.69) is 20.4 Å². The topological polar surface area (TPSA) is 55.6 Å². The molecule has 0 unspecified atom stereocenters. The lowest BCUT2D eigenvalue weighted by molar-refractivity contribution is 0.677. The van der Waals surface area contributed by atoms with Gasteiger partial charge in [-0.3, -0.25) is 4.98 Å². The van der Waals surface area contributed by atoms with Gasteiger partial charge in [-0.25, -0.2) is 9.67 Å². The lowest BCUT2D eigenvalue weighted by Gasteiger charge is -2.10. The Bertz CT molecular complexity index is 556. The molecule has 5 nitrogen and oxygen atoms in total. The molecule has 18 heavy (non-hydrogen) atoms. The molecule has 0 radical (unpaired) electrons. The van der Waals surface area contributed by atoms with Gasteiger partial charge in [-0.15, -0.1) is 0 Å². The van der Waals surface area contributed by atoms with Crippen LogP contribution in [-0.4, -0.2) is 25.8 Å². The predicted octanol–water partition coefficient (Wildman–Crippen LogP) is 1.53. The quantitative estimate of drug-likeness (QED) is 0.884. The number of nitrogens with zero attached hydrogens (tertiary/aromatic N) is 4. The molecule has 2 aromatic heterocycles. The van der Waals surface area contributed by atoms with Crippen LogP contribution in [0.4, 0.5) is 0 Å². The number of nitrogens with one attached hydrogen (secondary N) is 1. The van der Waals surface area contributed by atoms with Crippen LogP contribution in [0, 0.1) is 13.8 Å². The van der Waals surface area contributed by atoms with Crippen molar-refractivity contribution in [2.24, 2.45) is 0 Å². The van der Waals surface area contributed by atoms with Crippen LogP contribution in [0.2, 0.25) is 0 Å². The largest absolute Gasteiger partial charge is 0.310 e. The molecule has 1 aliphatic rings. The van der Waals surface area contributed by atoms with E-state index in [9.17, 15) is 0 Å². The summed E-state index contributed by atoms with van der Waals surface area (Å²) in [7, 11) is 0. The second kappa shape index (κ2) is 4.49. The van der Waals surface area contributed by atoms with E-state index in [4.69, 9.17) is 0 Å². The first-order valence-electron chi connectivity index (χ1n) is 6.31. The number of aryl methyl sites for hydroxylation is 2. The van der Waals surface area contributed by atoms with Crippen LogP contribution < -0.4 is 5.32 Å². The van der Waals surface area contributed by atoms with Gasteiger partial charge >= 0.3 is 0 Å². The molecule has 3 rings (SSSR count). The van der Waals surface area contributed by atoms with E-state index >= 15 is 0 Å². The first kappa shape index (κ1) is 11.3. The summed E-state index contributed by atoms with van der Waals surface area (Å²) in [6.07, 6.45) is 6.28. The van der Waals surface area contributed by atoms with Gasteiger partial charge in [0.25, 0.3) is 0 Å². The normalized spacial score (nSPS) is 15.0. The zero-order chi connectivity index (χ0) is 12.5. The molecule has 0 atom stereocenters. The summed E-state index contributed by atoms with van der Waals surface area (Å²) in [6, 6.07) is 2.68. The van der Waals surface area contributed by atoms with Crippen molar-refractivity contribution in [3.8, 4) is 5.69 Å². The van der Waals surface area contributed by atoms with Crippen LogP contribution in [0.1, 0.15) is 30.1 Å². The molecule has 1 fully saturated rings. The zero-order valence-electron chi connectivity index (χ0n) is 10.7. The average molecular weight is 243 g/mol. The third kappa shape index (κ3) is 2.26. The summed E-state index contributed by atoms with van der Waals surface area (Å²) in [5, 5.41) is 7.94. The van der Waals surface area contributed by atoms with Crippen molar-refractivity contribution >= 4 is 0 Å². The standard InChI is InChI=1S/C13H17N5/c1-9-16-10(2)18(17-9)13-5-6-14-7-11(13)8-15-12-3-4-12/h5-7,12,15H,3-4,8H2,1-2H3. The van der Waals surface area contributed by atoms with E-state index in [0.717, 1.165) is 29.4 Å². The number of pyridine rings is 1. The molecule has 0 bridgehead atoms. The van der Waals surface area contributed by atoms with Crippen LogP contribution in [0.5, 0.6) is 0 Å². The van der Waals surface area contributed by atoms with Gasteiger partial charge in [-0.05, 0) is 32.8 Å². The van der Waals surface area contributed by atoms with Gasteiger partial charge in [0, 0.05) is 30.5 Å². The molecule has 0 amide bonds. The van der Waals surface area contributed by atoms with E-state index in [0.29, 0.717) is 6.04 Å². The second-order valence-electron chi connectivity index (χ2n) is 4.78. The Hall–Kier alpha value is -1.75. The van der Waals surface area contributed by atoms with Crippen molar-refractivity contribution in [3.63, 3.8) is 0 Å². The van der Waals surface area contributed by atoms with Gasteiger partial charge in [0.05, 0.1) is 5.69 Å². The number of hydrogen-bond donors (Lipinski definition) is 1. The molecule has 0 aromatic carbocycles. The molecule has 0 spiro atoms. The monoisotopic (exact) mass is 243 g/mol. The molecule has 5 heteroatoms. The molecule has 2 heterocycles. The Balaban J connectivity index is 1.92. The summed E-state index contributed by atoms with van der Waals surface area (Å²) >= 11 is 0. The molecule has 0 aliphatic heterocycles. The molecular weight excluding hydrogens is 226 g/mol. The molecular formula is C13H17N5. The van der Waals surface area contributed by atoms with Crippen LogP contribution in [0.25, 0.3) is 5.69 Å². The SMILES string of the molecule is Cc1nc(C)n(-c2ccncc2CNC2CC2)n1. The zero-order valence-corrected chi connectivity index (χ0v) is 10.7. The third-order valence-electron chi connectivity index (χ3n) is 3.14. The van der Waals surface area contributed by atoms with E-state index in [1.165, 1.54) is 12.8 Å². The van der Waals surface area contributed by atoms with Crippen molar-refractivity contribution in [2.45, 2.75) is 39.3 Å². The number of rotatable bonds is 4. The Labute approximate surface area is 106 Å². The van der Waals surface area contributed by atoms with Gasteiger partial charge in [0.1, 0.15) is 11.6 Å². The Kier molecular flexibility index (Phi) is 2.83. The van der Waals surface area contributed by atoms with E-state index in [1.54, 1.807) is 6.20 Å². The van der Waals surface area contributed by atoms with E-state index in [1.807, 2.05) is 30.8 Å². The smallest absolute Gasteiger partial charge is 0.148 e. The molecule has 1 N–H and O–H groups in total. The highest BCUT2D eigenvalue weighted by molar-refractivity contribution is 5.38. The minimum Gasteiger partial charge on any atom is -0.310 e. The minimum atomic E-state index is 0.691. The maximum atomic E-state index is 4.43. The summed E-state index contributed by atoms with van der Waals surface area (Å²) in [4.78, 5) is 8.55. The van der Waals surface area contributed by atoms with Crippen LogP contribution in [-0.2, 0) is 6.54 Å². The van der Waals surface area contributed by atoms with Gasteiger partial charge in [0.2, 0.25) is 0 Å². The van der Waals surface area contributed by atoms with Crippen LogP contribution >= 0.6 is 0 Å². The lowest BCUT2D eigenvalue weighted by Crippen LogP contribution is -2.17. The van der Waals surface area contributed by atoms with Gasteiger partial charge in [0.15, 0.2) is 0 Å². The van der Waals surface area contributed by atoms with Gasteiger partial charge in [-0.2, -0.15) is 5.10 Å². The Morgan fingerprint density at radius 1 is 1.39 bits per heavy atom. The Morgan fingerprint density at radius 2 is 2.22 bits per heavy atom. The fourth-order valence-corrected chi connectivity index (χ4v) is 2.05. The van der Waals surface area contributed by atoms with E-state index in [-0.39, 0.29) is 0 Å². The lowest BCUT2D eigenvalue weighted by atomic mass is 10.2. The highest BCUT2D eigenvalue weighted by Gasteiger charge is 2.21. The first-order chi connectivity index (χ1) is 8.74. The van der Waals surface area contributed by atoms with Crippen molar-refractivity contribution in [1.29, 1.82) is 0 Å². The van der Waals surface area contributed by atoms with Gasteiger partial charge < -0.3 is 5.32 Å². The van der Waals surface area contributed by atoms with Gasteiger partial charge in [-0.1, -0.05) is 0 Å². The summed E-state index contributed by atoms with van der Waals surface area (Å²) in [5.74, 6) is 1.71. The highest BCUT2D eigenvalue weighted by atomic mass is 15.3. The number of hydrogen-bond acceptors (Lipinski definition) is 4. The maximum absolute atomic E-state index is 4.43. The minimum absolute atomic E-state index is 0.691. The Morgan fingerprint density at radius 3 is 2.89 bits per heavy atom. The average Bonchev–Trinajstić information content (AvgIpc) is 3.12. The summed E-state index contributed by atoms with van der Waals surface area (Å²) in [5.41, 5.74) is 2.23. The predicted molar refractivity (Wildman–Crippen MR) is 68.5 cm³/mol. The summed E-state index contributed by atoms with van der Waals surface area (Å²) in [6.45, 7) is 4.72. The maximum Gasteiger partial charge on any atom is 0.148 e. The van der Waals surface area contributed by atoms with Crippen LogP contribution in [0.3, 0.4) is 0 Å². The highest BCUT2D eigenvalue weighted by Crippen LogP contribution is 2.20.